The van der Waals surface area contributed by atoms with Crippen molar-refractivity contribution in [2.24, 2.45) is 23.7 Å². The van der Waals surface area contributed by atoms with Crippen LogP contribution in [-0.2, 0) is 0 Å². The molecule has 0 N–H and O–H groups in total. The molecule has 1 aliphatic carbocycles. The van der Waals surface area contributed by atoms with E-state index in [0.717, 1.165) is 23.7 Å². The maximum Gasteiger partial charge on any atom is -0.0358 e. The highest BCUT2D eigenvalue weighted by atomic mass is 14.4. The third kappa shape index (κ3) is 3.00. The van der Waals surface area contributed by atoms with Crippen molar-refractivity contribution in [3.8, 4) is 0 Å². The summed E-state index contributed by atoms with van der Waals surface area (Å²) in [6.07, 6.45) is 8.71. The number of hydrogen-bond acceptors (Lipinski definition) is 0. The number of rotatable bonds is 4. The lowest BCUT2D eigenvalue weighted by Crippen LogP contribution is -2.28. The molecule has 4 unspecified atom stereocenters. The average molecular weight is 196 g/mol. The summed E-state index contributed by atoms with van der Waals surface area (Å²) in [5.41, 5.74) is 0. The first-order valence-electron chi connectivity index (χ1n) is 6.69. The minimum Gasteiger partial charge on any atom is -0.0654 e. The third-order valence-electron chi connectivity index (χ3n) is 4.34. The Labute approximate surface area is 90.5 Å². The molecule has 1 saturated carbocycles. The molecule has 1 aliphatic rings. The van der Waals surface area contributed by atoms with Gasteiger partial charge < -0.3 is 0 Å². The Morgan fingerprint density at radius 1 is 1.21 bits per heavy atom. The first-order valence-corrected chi connectivity index (χ1v) is 6.69. The second kappa shape index (κ2) is 5.78. The molecule has 0 saturated heterocycles. The maximum absolute atomic E-state index is 2.46. The van der Waals surface area contributed by atoms with Crippen LogP contribution in [0.4, 0.5) is 0 Å². The van der Waals surface area contributed by atoms with E-state index in [-0.39, 0.29) is 0 Å². The summed E-state index contributed by atoms with van der Waals surface area (Å²) in [4.78, 5) is 0. The molecule has 0 aromatic rings. The molecular formula is C14H28. The Bertz CT molecular complexity index is 150. The highest BCUT2D eigenvalue weighted by Crippen LogP contribution is 2.41. The molecule has 1 rings (SSSR count). The molecule has 0 amide bonds. The van der Waals surface area contributed by atoms with E-state index in [9.17, 15) is 0 Å². The van der Waals surface area contributed by atoms with Crippen LogP contribution in [0, 0.1) is 23.7 Å². The maximum atomic E-state index is 2.46. The van der Waals surface area contributed by atoms with Crippen molar-refractivity contribution in [2.45, 2.75) is 66.2 Å². The fraction of sp³-hybridized carbons (Fsp3) is 1.00. The summed E-state index contributed by atoms with van der Waals surface area (Å²) in [5.74, 6) is 4.02. The van der Waals surface area contributed by atoms with Gasteiger partial charge in [0.15, 0.2) is 0 Å². The Morgan fingerprint density at radius 2 is 1.93 bits per heavy atom. The van der Waals surface area contributed by atoms with E-state index in [1.165, 1.54) is 38.5 Å². The van der Waals surface area contributed by atoms with Gasteiger partial charge in [0, 0.05) is 0 Å². The van der Waals surface area contributed by atoms with Crippen molar-refractivity contribution in [1.82, 2.24) is 0 Å². The van der Waals surface area contributed by atoms with E-state index in [2.05, 4.69) is 27.7 Å². The summed E-state index contributed by atoms with van der Waals surface area (Å²) < 4.78 is 0. The molecule has 0 heteroatoms. The molecule has 4 atom stereocenters. The minimum absolute atomic E-state index is 0.953. The van der Waals surface area contributed by atoms with Crippen LogP contribution in [0.25, 0.3) is 0 Å². The standard InChI is InChI=1S/C14H28/c1-5-7-13-9-8-11(3)10-14(13)12(4)6-2/h11-14H,5-10H2,1-4H3. The van der Waals surface area contributed by atoms with Gasteiger partial charge in [0.1, 0.15) is 0 Å². The smallest absolute Gasteiger partial charge is 0.0358 e. The summed E-state index contributed by atoms with van der Waals surface area (Å²) >= 11 is 0. The van der Waals surface area contributed by atoms with Crippen molar-refractivity contribution in [3.63, 3.8) is 0 Å². The SMILES string of the molecule is CCCC1CCC(C)CC1C(C)CC. The first-order chi connectivity index (χ1) is 6.69. The summed E-state index contributed by atoms with van der Waals surface area (Å²) in [6.45, 7) is 9.60. The summed E-state index contributed by atoms with van der Waals surface area (Å²) in [5, 5.41) is 0. The van der Waals surface area contributed by atoms with Gasteiger partial charge in [0.2, 0.25) is 0 Å². The molecule has 0 aromatic heterocycles. The van der Waals surface area contributed by atoms with Gasteiger partial charge in [0.25, 0.3) is 0 Å². The van der Waals surface area contributed by atoms with Crippen LogP contribution in [-0.4, -0.2) is 0 Å². The average Bonchev–Trinajstić information content (AvgIpc) is 2.20. The van der Waals surface area contributed by atoms with Gasteiger partial charge in [0.05, 0.1) is 0 Å². The predicted octanol–water partition coefficient (Wildman–Crippen LogP) is 4.89. The molecule has 0 aliphatic heterocycles. The fourth-order valence-corrected chi connectivity index (χ4v) is 3.22. The lowest BCUT2D eigenvalue weighted by molar-refractivity contribution is 0.124. The van der Waals surface area contributed by atoms with Crippen LogP contribution >= 0.6 is 0 Å². The van der Waals surface area contributed by atoms with E-state index >= 15 is 0 Å². The molecule has 14 heavy (non-hydrogen) atoms. The van der Waals surface area contributed by atoms with E-state index in [1.807, 2.05) is 0 Å². The van der Waals surface area contributed by atoms with Gasteiger partial charge in [-0.2, -0.15) is 0 Å². The van der Waals surface area contributed by atoms with Crippen molar-refractivity contribution >= 4 is 0 Å². The zero-order chi connectivity index (χ0) is 10.6. The predicted molar refractivity (Wildman–Crippen MR) is 64.4 cm³/mol. The summed E-state index contributed by atoms with van der Waals surface area (Å²) in [7, 11) is 0. The molecule has 0 spiro atoms. The molecule has 0 bridgehead atoms. The Kier molecular flexibility index (Phi) is 4.98. The van der Waals surface area contributed by atoms with E-state index in [1.54, 1.807) is 0 Å². The van der Waals surface area contributed by atoms with Gasteiger partial charge in [-0.1, -0.05) is 53.4 Å². The van der Waals surface area contributed by atoms with Crippen LogP contribution in [0.15, 0.2) is 0 Å². The van der Waals surface area contributed by atoms with Gasteiger partial charge in [-0.15, -0.1) is 0 Å². The zero-order valence-electron chi connectivity index (χ0n) is 10.6. The van der Waals surface area contributed by atoms with Crippen molar-refractivity contribution in [3.05, 3.63) is 0 Å². The molecule has 0 heterocycles. The molecule has 0 nitrogen and oxygen atoms in total. The van der Waals surface area contributed by atoms with Crippen molar-refractivity contribution < 1.29 is 0 Å². The first kappa shape index (κ1) is 12.1. The number of hydrogen-bond donors (Lipinski definition) is 0. The van der Waals surface area contributed by atoms with E-state index < -0.39 is 0 Å². The molecular weight excluding hydrogens is 168 g/mol. The lowest BCUT2D eigenvalue weighted by atomic mass is 9.67. The van der Waals surface area contributed by atoms with Crippen LogP contribution in [0.5, 0.6) is 0 Å². The Morgan fingerprint density at radius 3 is 2.50 bits per heavy atom. The topological polar surface area (TPSA) is 0 Å². The molecule has 84 valence electrons. The monoisotopic (exact) mass is 196 g/mol. The lowest BCUT2D eigenvalue weighted by Gasteiger charge is -2.38. The van der Waals surface area contributed by atoms with Crippen LogP contribution in [0.1, 0.15) is 66.2 Å². The summed E-state index contributed by atoms with van der Waals surface area (Å²) in [6, 6.07) is 0. The zero-order valence-corrected chi connectivity index (χ0v) is 10.6. The highest BCUT2D eigenvalue weighted by molar-refractivity contribution is 4.81. The van der Waals surface area contributed by atoms with Crippen LogP contribution in [0.3, 0.4) is 0 Å². The van der Waals surface area contributed by atoms with Gasteiger partial charge in [-0.05, 0) is 36.5 Å². The Hall–Kier alpha value is 0. The Balaban J connectivity index is 2.53. The largest absolute Gasteiger partial charge is 0.0654 e. The van der Waals surface area contributed by atoms with E-state index in [4.69, 9.17) is 0 Å². The van der Waals surface area contributed by atoms with Crippen LogP contribution in [0.2, 0.25) is 0 Å². The van der Waals surface area contributed by atoms with Crippen molar-refractivity contribution in [1.29, 1.82) is 0 Å². The van der Waals surface area contributed by atoms with Crippen LogP contribution < -0.4 is 0 Å². The third-order valence-corrected chi connectivity index (χ3v) is 4.34. The van der Waals surface area contributed by atoms with Gasteiger partial charge in [-0.3, -0.25) is 0 Å². The highest BCUT2D eigenvalue weighted by Gasteiger charge is 2.30. The second-order valence-electron chi connectivity index (χ2n) is 5.52. The molecule has 0 radical (unpaired) electrons. The van der Waals surface area contributed by atoms with Gasteiger partial charge >= 0.3 is 0 Å². The second-order valence-corrected chi connectivity index (χ2v) is 5.52. The molecule has 0 aromatic carbocycles. The van der Waals surface area contributed by atoms with Crippen molar-refractivity contribution in [2.75, 3.05) is 0 Å². The van der Waals surface area contributed by atoms with Gasteiger partial charge in [-0.25, -0.2) is 0 Å². The van der Waals surface area contributed by atoms with E-state index in [0.29, 0.717) is 0 Å². The minimum atomic E-state index is 0.953. The fourth-order valence-electron chi connectivity index (χ4n) is 3.22. The quantitative estimate of drug-likeness (QED) is 0.601. The molecule has 1 fully saturated rings. The normalized spacial score (nSPS) is 35.6.